The van der Waals surface area contributed by atoms with Crippen molar-refractivity contribution in [1.82, 2.24) is 24.8 Å². The zero-order valence-electron chi connectivity index (χ0n) is 17.0. The number of nitrogen functional groups attached to an aromatic ring is 1. The van der Waals surface area contributed by atoms with Gasteiger partial charge in [0.05, 0.1) is 5.56 Å². The summed E-state index contributed by atoms with van der Waals surface area (Å²) in [5.74, 6) is 1.51. The molecule has 0 bridgehead atoms. The number of nitrogens with two attached hydrogens (primary N) is 1. The molecule has 3 aromatic heterocycles. The summed E-state index contributed by atoms with van der Waals surface area (Å²) in [4.78, 5) is 25.4. The van der Waals surface area contributed by atoms with Crippen molar-refractivity contribution in [2.75, 3.05) is 5.73 Å². The van der Waals surface area contributed by atoms with E-state index < -0.39 is 0 Å². The van der Waals surface area contributed by atoms with Gasteiger partial charge in [0.2, 0.25) is 5.91 Å². The van der Waals surface area contributed by atoms with Gasteiger partial charge in [-0.25, -0.2) is 15.0 Å². The van der Waals surface area contributed by atoms with Crippen LogP contribution in [0, 0.1) is 5.92 Å². The highest BCUT2D eigenvalue weighted by atomic mass is 16.1. The van der Waals surface area contributed by atoms with Crippen LogP contribution in [0.15, 0.2) is 60.9 Å². The molecule has 3 heterocycles. The summed E-state index contributed by atoms with van der Waals surface area (Å²) in [6, 6.07) is 15.5. The number of nitrogens with one attached hydrogen (secondary N) is 1. The van der Waals surface area contributed by atoms with E-state index in [0.717, 1.165) is 28.0 Å². The third kappa shape index (κ3) is 4.00. The number of rotatable bonds is 6. The Morgan fingerprint density at radius 2 is 1.80 bits per heavy atom. The van der Waals surface area contributed by atoms with Gasteiger partial charge in [0.25, 0.3) is 0 Å². The smallest absolute Gasteiger partial charge is 0.220 e. The van der Waals surface area contributed by atoms with Crippen molar-refractivity contribution in [3.8, 4) is 17.1 Å². The van der Waals surface area contributed by atoms with E-state index in [1.165, 1.54) is 0 Å². The Balaban J connectivity index is 1.68. The summed E-state index contributed by atoms with van der Waals surface area (Å²) in [5, 5.41) is 2.96. The first kappa shape index (κ1) is 19.6. The molecule has 0 fully saturated rings. The highest BCUT2D eigenvalue weighted by Crippen LogP contribution is 2.30. The average Bonchev–Trinajstić information content (AvgIpc) is 3.12. The number of imidazole rings is 1. The van der Waals surface area contributed by atoms with Crippen molar-refractivity contribution in [2.24, 2.45) is 5.92 Å². The van der Waals surface area contributed by atoms with E-state index in [9.17, 15) is 4.79 Å². The van der Waals surface area contributed by atoms with Crippen molar-refractivity contribution < 1.29 is 4.79 Å². The predicted molar refractivity (Wildman–Crippen MR) is 118 cm³/mol. The highest BCUT2D eigenvalue weighted by Gasteiger charge is 2.17. The van der Waals surface area contributed by atoms with Gasteiger partial charge in [-0.1, -0.05) is 26.0 Å². The van der Waals surface area contributed by atoms with Crippen LogP contribution in [0.25, 0.3) is 28.2 Å². The first-order valence-electron chi connectivity index (χ1n) is 9.93. The van der Waals surface area contributed by atoms with Crippen molar-refractivity contribution >= 4 is 22.9 Å². The topological polar surface area (TPSA) is 98.7 Å². The number of hydrogen-bond donors (Lipinski definition) is 2. The minimum absolute atomic E-state index is 0.0632. The number of fused-ring (bicyclic) bond motifs is 1. The molecule has 0 unspecified atom stereocenters. The zero-order valence-corrected chi connectivity index (χ0v) is 17.0. The number of amides is 1. The number of nitrogens with zero attached hydrogens (tertiary/aromatic N) is 4. The lowest BCUT2D eigenvalue weighted by Gasteiger charge is -2.11. The summed E-state index contributed by atoms with van der Waals surface area (Å²) < 4.78 is 1.98. The second-order valence-electron chi connectivity index (χ2n) is 7.59. The molecule has 1 aromatic carbocycles. The summed E-state index contributed by atoms with van der Waals surface area (Å²) in [6.07, 6.45) is 3.93. The van der Waals surface area contributed by atoms with Crippen LogP contribution in [-0.4, -0.2) is 25.4 Å². The van der Waals surface area contributed by atoms with Crippen LogP contribution in [0.4, 0.5) is 5.82 Å². The maximum Gasteiger partial charge on any atom is 0.220 e. The number of aromatic nitrogens is 4. The second-order valence-corrected chi connectivity index (χ2v) is 7.59. The largest absolute Gasteiger partial charge is 0.383 e. The van der Waals surface area contributed by atoms with Crippen molar-refractivity contribution in [1.29, 1.82) is 0 Å². The van der Waals surface area contributed by atoms with Crippen LogP contribution in [-0.2, 0) is 11.3 Å². The minimum Gasteiger partial charge on any atom is -0.383 e. The van der Waals surface area contributed by atoms with Crippen LogP contribution >= 0.6 is 0 Å². The Morgan fingerprint density at radius 1 is 1.07 bits per heavy atom. The summed E-state index contributed by atoms with van der Waals surface area (Å²) in [7, 11) is 0. The van der Waals surface area contributed by atoms with Gasteiger partial charge in [0, 0.05) is 31.0 Å². The number of pyridine rings is 2. The maximum absolute atomic E-state index is 11.9. The van der Waals surface area contributed by atoms with Crippen molar-refractivity contribution in [2.45, 2.75) is 26.8 Å². The Labute approximate surface area is 175 Å². The fraction of sp³-hybridized carbons (Fsp3) is 0.217. The molecule has 0 saturated heterocycles. The van der Waals surface area contributed by atoms with E-state index in [1.807, 2.05) is 66.9 Å². The molecule has 0 aliphatic rings. The first-order chi connectivity index (χ1) is 14.5. The summed E-state index contributed by atoms with van der Waals surface area (Å²) in [5.41, 5.74) is 10.3. The molecule has 7 nitrogen and oxygen atoms in total. The molecule has 0 saturated carbocycles. The highest BCUT2D eigenvalue weighted by molar-refractivity contribution is 5.82. The van der Waals surface area contributed by atoms with E-state index in [0.29, 0.717) is 30.5 Å². The number of anilines is 1. The fourth-order valence-corrected chi connectivity index (χ4v) is 3.35. The van der Waals surface area contributed by atoms with Crippen molar-refractivity contribution in [3.63, 3.8) is 0 Å². The van der Waals surface area contributed by atoms with Gasteiger partial charge in [0.1, 0.15) is 11.3 Å². The van der Waals surface area contributed by atoms with Gasteiger partial charge >= 0.3 is 0 Å². The lowest BCUT2D eigenvalue weighted by molar-refractivity contribution is -0.121. The normalized spacial score (nSPS) is 11.2. The molecular formula is C23H24N6O. The lowest BCUT2D eigenvalue weighted by atomic mass is 10.1. The average molecular weight is 400 g/mol. The van der Waals surface area contributed by atoms with Crippen LogP contribution in [0.3, 0.4) is 0 Å². The van der Waals surface area contributed by atoms with E-state index >= 15 is 0 Å². The molecular weight excluding hydrogens is 376 g/mol. The minimum atomic E-state index is 0.0632. The number of carbonyl (C=O) groups is 1. The third-order valence-electron chi connectivity index (χ3n) is 4.77. The SMILES string of the molecule is CC(C)CC(=O)NCc1ccc(-n2c(-c3cccnc3N)nc3cccnc32)cc1. The predicted octanol–water partition coefficient (Wildman–Crippen LogP) is 3.73. The molecule has 152 valence electrons. The molecule has 0 aliphatic heterocycles. The van der Waals surface area contributed by atoms with Gasteiger partial charge in [-0.3, -0.25) is 9.36 Å². The molecule has 4 aromatic rings. The summed E-state index contributed by atoms with van der Waals surface area (Å²) in [6.45, 7) is 4.56. The number of hydrogen-bond acceptors (Lipinski definition) is 5. The molecule has 0 spiro atoms. The second kappa shape index (κ2) is 8.32. The van der Waals surface area contributed by atoms with Gasteiger partial charge in [0.15, 0.2) is 11.5 Å². The molecule has 0 radical (unpaired) electrons. The number of benzene rings is 1. The number of carbonyl (C=O) groups excluding carboxylic acids is 1. The zero-order chi connectivity index (χ0) is 21.1. The van der Waals surface area contributed by atoms with Crippen molar-refractivity contribution in [3.05, 3.63) is 66.5 Å². The van der Waals surface area contributed by atoms with E-state index in [2.05, 4.69) is 15.3 Å². The molecule has 4 rings (SSSR count). The molecule has 7 heteroatoms. The van der Waals surface area contributed by atoms with Crippen LogP contribution < -0.4 is 11.1 Å². The Bertz CT molecular complexity index is 1180. The maximum atomic E-state index is 11.9. The Hall–Kier alpha value is -3.74. The van der Waals surface area contributed by atoms with Gasteiger partial charge in [-0.05, 0) is 47.9 Å². The van der Waals surface area contributed by atoms with Crippen LogP contribution in [0.2, 0.25) is 0 Å². The van der Waals surface area contributed by atoms with Crippen LogP contribution in [0.1, 0.15) is 25.8 Å². The van der Waals surface area contributed by atoms with Gasteiger partial charge < -0.3 is 11.1 Å². The Kier molecular flexibility index (Phi) is 5.43. The van der Waals surface area contributed by atoms with Crippen LogP contribution in [0.5, 0.6) is 0 Å². The Morgan fingerprint density at radius 3 is 2.53 bits per heavy atom. The van der Waals surface area contributed by atoms with E-state index in [1.54, 1.807) is 12.4 Å². The van der Waals surface area contributed by atoms with Gasteiger partial charge in [-0.15, -0.1) is 0 Å². The fourth-order valence-electron chi connectivity index (χ4n) is 3.35. The molecule has 1 amide bonds. The van der Waals surface area contributed by atoms with Gasteiger partial charge in [-0.2, -0.15) is 0 Å². The van der Waals surface area contributed by atoms with E-state index in [4.69, 9.17) is 10.7 Å². The third-order valence-corrected chi connectivity index (χ3v) is 4.77. The molecule has 3 N–H and O–H groups in total. The lowest BCUT2D eigenvalue weighted by Crippen LogP contribution is -2.23. The summed E-state index contributed by atoms with van der Waals surface area (Å²) >= 11 is 0. The molecule has 30 heavy (non-hydrogen) atoms. The molecule has 0 atom stereocenters. The molecule has 0 aliphatic carbocycles. The standard InChI is InChI=1S/C23H24N6O/c1-15(2)13-20(30)27-14-16-7-9-17(10-8-16)29-22(18-5-3-11-25-21(18)24)28-19-6-4-12-26-23(19)29/h3-12,15H,13-14H2,1-2H3,(H2,24,25)(H,27,30). The monoisotopic (exact) mass is 400 g/mol. The quantitative estimate of drug-likeness (QED) is 0.514. The first-order valence-corrected chi connectivity index (χ1v) is 9.93. The van der Waals surface area contributed by atoms with E-state index in [-0.39, 0.29) is 5.91 Å².